The number of nitrogens with one attached hydrogen (secondary N) is 2. The summed E-state index contributed by atoms with van der Waals surface area (Å²) in [5, 5.41) is 7.46. The van der Waals surface area contributed by atoms with Crippen LogP contribution in [0, 0.1) is 6.92 Å². The lowest BCUT2D eigenvalue weighted by atomic mass is 10.2. The predicted octanol–water partition coefficient (Wildman–Crippen LogP) is 3.77. The van der Waals surface area contributed by atoms with Crippen LogP contribution in [0.3, 0.4) is 0 Å². The van der Waals surface area contributed by atoms with Gasteiger partial charge >= 0.3 is 12.1 Å². The molecule has 0 radical (unpaired) electrons. The Morgan fingerprint density at radius 3 is 2.69 bits per heavy atom. The summed E-state index contributed by atoms with van der Waals surface area (Å²) < 4.78 is 47.9. The number of halogens is 4. The minimum absolute atomic E-state index is 0. The Balaban J connectivity index is 0.00000420. The van der Waals surface area contributed by atoms with Crippen LogP contribution in [0.25, 0.3) is 0 Å². The summed E-state index contributed by atoms with van der Waals surface area (Å²) in [5.74, 6) is 0.927. The Kier molecular flexibility index (Phi) is 9.89. The van der Waals surface area contributed by atoms with Gasteiger partial charge in [0.15, 0.2) is 11.7 Å². The van der Waals surface area contributed by atoms with Crippen LogP contribution in [0.5, 0.6) is 0 Å². The van der Waals surface area contributed by atoms with Gasteiger partial charge in [0.05, 0.1) is 12.1 Å². The second-order valence-electron chi connectivity index (χ2n) is 5.67. The third-order valence-electron chi connectivity index (χ3n) is 3.58. The molecular weight excluding hydrogens is 524 g/mol. The van der Waals surface area contributed by atoms with Crippen molar-refractivity contribution in [3.05, 3.63) is 39.2 Å². The standard InChI is InChI=1S/C17H21F3N4O3S.HI/c1-4-21-16(22-6-5-14-24-13(9-28-14)17(18,19)20)23-8-11-7-12(10(2)27-11)15(25)26-3;/h7,9H,4-6,8H2,1-3H3,(H2,21,22,23);1H. The van der Waals surface area contributed by atoms with Crippen molar-refractivity contribution in [2.24, 2.45) is 4.99 Å². The highest BCUT2D eigenvalue weighted by atomic mass is 127. The maximum atomic E-state index is 12.6. The molecule has 0 aliphatic rings. The zero-order valence-electron chi connectivity index (χ0n) is 16.1. The average molecular weight is 546 g/mol. The van der Waals surface area contributed by atoms with Gasteiger partial charge in [-0.1, -0.05) is 0 Å². The molecular formula is C17H22F3IN4O3S. The molecule has 0 unspecified atom stereocenters. The van der Waals surface area contributed by atoms with Gasteiger partial charge < -0.3 is 19.8 Å². The number of hydrogen-bond donors (Lipinski definition) is 2. The van der Waals surface area contributed by atoms with Gasteiger partial charge in [-0.15, -0.1) is 35.3 Å². The van der Waals surface area contributed by atoms with E-state index >= 15 is 0 Å². The van der Waals surface area contributed by atoms with Crippen LogP contribution < -0.4 is 10.6 Å². The summed E-state index contributed by atoms with van der Waals surface area (Å²) in [7, 11) is 1.29. The first-order chi connectivity index (χ1) is 13.2. The highest BCUT2D eigenvalue weighted by Gasteiger charge is 2.33. The summed E-state index contributed by atoms with van der Waals surface area (Å²) in [6.07, 6.45) is -4.10. The molecule has 0 spiro atoms. The number of aromatic nitrogens is 1. The van der Waals surface area contributed by atoms with Crippen molar-refractivity contribution in [2.75, 3.05) is 20.2 Å². The van der Waals surface area contributed by atoms with E-state index in [1.807, 2.05) is 6.92 Å². The predicted molar refractivity (Wildman–Crippen MR) is 114 cm³/mol. The molecule has 0 atom stereocenters. The molecule has 0 bridgehead atoms. The number of aliphatic imine (C=N–C) groups is 1. The summed E-state index contributed by atoms with van der Waals surface area (Å²) >= 11 is 0.971. The van der Waals surface area contributed by atoms with E-state index in [0.717, 1.165) is 16.7 Å². The van der Waals surface area contributed by atoms with Crippen molar-refractivity contribution in [3.8, 4) is 0 Å². The molecule has 2 aromatic rings. The average Bonchev–Trinajstić information content (AvgIpc) is 3.25. The van der Waals surface area contributed by atoms with Gasteiger partial charge in [0.1, 0.15) is 23.6 Å². The summed E-state index contributed by atoms with van der Waals surface area (Å²) in [6.45, 7) is 4.70. The molecule has 7 nitrogen and oxygen atoms in total. The lowest BCUT2D eigenvalue weighted by Crippen LogP contribution is -2.38. The fourth-order valence-corrected chi connectivity index (χ4v) is 3.08. The Hall–Kier alpha value is -1.83. The van der Waals surface area contributed by atoms with E-state index in [1.54, 1.807) is 13.0 Å². The topological polar surface area (TPSA) is 88.8 Å². The normalized spacial score (nSPS) is 11.7. The van der Waals surface area contributed by atoms with Gasteiger partial charge in [0.25, 0.3) is 0 Å². The number of methoxy groups -OCH3 is 1. The highest BCUT2D eigenvalue weighted by molar-refractivity contribution is 14.0. The van der Waals surface area contributed by atoms with Gasteiger partial charge in [-0.05, 0) is 19.9 Å². The Bertz CT molecular complexity index is 836. The van der Waals surface area contributed by atoms with Crippen molar-refractivity contribution in [3.63, 3.8) is 0 Å². The number of furan rings is 1. The molecule has 29 heavy (non-hydrogen) atoms. The van der Waals surface area contributed by atoms with Crippen molar-refractivity contribution < 1.29 is 27.1 Å². The second-order valence-corrected chi connectivity index (χ2v) is 6.61. The molecule has 0 aliphatic heterocycles. The molecule has 2 rings (SSSR count). The number of carbonyl (C=O) groups is 1. The van der Waals surface area contributed by atoms with E-state index in [4.69, 9.17) is 4.42 Å². The van der Waals surface area contributed by atoms with Gasteiger partial charge in [0, 0.05) is 24.9 Å². The first-order valence-corrected chi connectivity index (χ1v) is 9.34. The van der Waals surface area contributed by atoms with Gasteiger partial charge in [-0.3, -0.25) is 0 Å². The number of alkyl halides is 3. The largest absolute Gasteiger partial charge is 0.465 e. The number of guanidine groups is 1. The maximum Gasteiger partial charge on any atom is 0.434 e. The SMILES string of the molecule is CCNC(=NCc1cc(C(=O)OC)c(C)o1)NCCc1nc(C(F)(F)F)cs1.I. The molecule has 0 aliphatic carbocycles. The van der Waals surface area contributed by atoms with Crippen LogP contribution in [0.1, 0.15) is 39.5 Å². The number of aryl methyl sites for hydroxylation is 1. The monoisotopic (exact) mass is 546 g/mol. The van der Waals surface area contributed by atoms with Crippen LogP contribution in [-0.2, 0) is 23.9 Å². The first-order valence-electron chi connectivity index (χ1n) is 8.46. The Labute approximate surface area is 187 Å². The molecule has 12 heteroatoms. The third-order valence-corrected chi connectivity index (χ3v) is 4.49. The van der Waals surface area contributed by atoms with E-state index in [-0.39, 0.29) is 30.5 Å². The molecule has 0 saturated carbocycles. The van der Waals surface area contributed by atoms with Crippen LogP contribution in [0.4, 0.5) is 13.2 Å². The van der Waals surface area contributed by atoms with Crippen LogP contribution >= 0.6 is 35.3 Å². The number of carbonyl (C=O) groups excluding carboxylic acids is 1. The molecule has 0 amide bonds. The van der Waals surface area contributed by atoms with Gasteiger partial charge in [0.2, 0.25) is 0 Å². The van der Waals surface area contributed by atoms with Crippen molar-refractivity contribution in [1.82, 2.24) is 15.6 Å². The van der Waals surface area contributed by atoms with Crippen LogP contribution in [-0.4, -0.2) is 37.1 Å². The van der Waals surface area contributed by atoms with Crippen LogP contribution in [0.2, 0.25) is 0 Å². The molecule has 0 saturated heterocycles. The zero-order chi connectivity index (χ0) is 20.7. The second kappa shape index (κ2) is 11.4. The lowest BCUT2D eigenvalue weighted by Gasteiger charge is -2.10. The third kappa shape index (κ3) is 7.49. The number of rotatable bonds is 7. The van der Waals surface area contributed by atoms with E-state index < -0.39 is 17.8 Å². The smallest absolute Gasteiger partial charge is 0.434 e. The number of hydrogen-bond acceptors (Lipinski definition) is 6. The van der Waals surface area contributed by atoms with E-state index in [1.165, 1.54) is 7.11 Å². The molecule has 0 aromatic carbocycles. The maximum absolute atomic E-state index is 12.6. The van der Waals surface area contributed by atoms with Crippen molar-refractivity contribution in [1.29, 1.82) is 0 Å². The summed E-state index contributed by atoms with van der Waals surface area (Å²) in [6, 6.07) is 1.57. The van der Waals surface area contributed by atoms with Crippen molar-refractivity contribution >= 4 is 47.2 Å². The minimum atomic E-state index is -4.43. The number of thiazole rings is 1. The molecule has 2 aromatic heterocycles. The van der Waals surface area contributed by atoms with E-state index in [2.05, 4.69) is 25.3 Å². The number of ether oxygens (including phenoxy) is 1. The van der Waals surface area contributed by atoms with E-state index in [0.29, 0.717) is 47.6 Å². The zero-order valence-corrected chi connectivity index (χ0v) is 19.2. The molecule has 162 valence electrons. The molecule has 2 N–H and O–H groups in total. The molecule has 0 fully saturated rings. The Morgan fingerprint density at radius 2 is 2.10 bits per heavy atom. The number of esters is 1. The quantitative estimate of drug-likeness (QED) is 0.238. The van der Waals surface area contributed by atoms with Gasteiger partial charge in [-0.2, -0.15) is 13.2 Å². The minimum Gasteiger partial charge on any atom is -0.465 e. The van der Waals surface area contributed by atoms with Crippen molar-refractivity contribution in [2.45, 2.75) is 33.0 Å². The van der Waals surface area contributed by atoms with E-state index in [9.17, 15) is 18.0 Å². The number of nitrogens with zero attached hydrogens (tertiary/aromatic N) is 2. The first kappa shape index (κ1) is 25.2. The van der Waals surface area contributed by atoms with Crippen LogP contribution in [0.15, 0.2) is 20.9 Å². The fourth-order valence-electron chi connectivity index (χ4n) is 2.28. The fraction of sp³-hybridized carbons (Fsp3) is 0.471. The summed E-state index contributed by atoms with van der Waals surface area (Å²) in [4.78, 5) is 19.5. The summed E-state index contributed by atoms with van der Waals surface area (Å²) in [5.41, 5.74) is -0.530. The highest BCUT2D eigenvalue weighted by Crippen LogP contribution is 2.30. The van der Waals surface area contributed by atoms with Gasteiger partial charge in [-0.25, -0.2) is 14.8 Å². The molecule has 2 heterocycles. The lowest BCUT2D eigenvalue weighted by molar-refractivity contribution is -0.140. The Morgan fingerprint density at radius 1 is 1.38 bits per heavy atom.